The van der Waals surface area contributed by atoms with Crippen LogP contribution >= 0.6 is 0 Å². The van der Waals surface area contributed by atoms with Gasteiger partial charge in [0, 0.05) is 24.7 Å². The minimum atomic E-state index is -0.630. The van der Waals surface area contributed by atoms with Crippen LogP contribution in [0.3, 0.4) is 0 Å². The highest BCUT2D eigenvalue weighted by atomic mass is 16.5. The van der Waals surface area contributed by atoms with E-state index in [0.717, 1.165) is 16.7 Å². The van der Waals surface area contributed by atoms with Crippen LogP contribution in [0.15, 0.2) is 65.3 Å². The van der Waals surface area contributed by atoms with E-state index in [1.165, 1.54) is 7.11 Å². The van der Waals surface area contributed by atoms with E-state index in [9.17, 15) is 4.79 Å². The first-order valence-corrected chi connectivity index (χ1v) is 10.6. The second kappa shape index (κ2) is 8.82. The number of hydrogen-bond donors (Lipinski definition) is 0. The molecule has 0 N–H and O–H groups in total. The third kappa shape index (κ3) is 3.95. The van der Waals surface area contributed by atoms with Crippen LogP contribution in [0.4, 0.5) is 6.01 Å². The summed E-state index contributed by atoms with van der Waals surface area (Å²) in [5, 5.41) is 0. The zero-order valence-electron chi connectivity index (χ0n) is 18.4. The van der Waals surface area contributed by atoms with Gasteiger partial charge in [-0.25, -0.2) is 4.79 Å². The molecule has 168 valence electrons. The number of carbonyl (C=O) groups excluding carboxylic acids is 1. The van der Waals surface area contributed by atoms with Gasteiger partial charge in [0.25, 0.3) is 6.01 Å². The molecule has 1 aliphatic heterocycles. The van der Waals surface area contributed by atoms with Crippen LogP contribution in [0.2, 0.25) is 0 Å². The summed E-state index contributed by atoms with van der Waals surface area (Å²) in [6, 6.07) is 15.3. The van der Waals surface area contributed by atoms with Gasteiger partial charge in [0.1, 0.15) is 18.2 Å². The van der Waals surface area contributed by atoms with Gasteiger partial charge in [-0.2, -0.15) is 4.98 Å². The minimum absolute atomic E-state index is 0.349. The first-order valence-electron chi connectivity index (χ1n) is 10.6. The highest BCUT2D eigenvalue weighted by Gasteiger charge is 2.37. The quantitative estimate of drug-likeness (QED) is 0.413. The Balaban J connectivity index is 1.53. The number of pyridine rings is 1. The van der Waals surface area contributed by atoms with Gasteiger partial charge < -0.3 is 23.5 Å². The predicted molar refractivity (Wildman–Crippen MR) is 121 cm³/mol. The summed E-state index contributed by atoms with van der Waals surface area (Å²) in [6.07, 6.45) is 3.62. The van der Waals surface area contributed by atoms with Crippen LogP contribution in [0.1, 0.15) is 16.7 Å². The summed E-state index contributed by atoms with van der Waals surface area (Å²) in [5.41, 5.74) is 4.19. The van der Waals surface area contributed by atoms with Crippen molar-refractivity contribution in [3.05, 3.63) is 77.6 Å². The maximum Gasteiger partial charge on any atom is 0.329 e. The number of hydrogen-bond acceptors (Lipinski definition) is 8. The van der Waals surface area contributed by atoms with E-state index >= 15 is 0 Å². The summed E-state index contributed by atoms with van der Waals surface area (Å²) in [6.45, 7) is 0.791. The lowest BCUT2D eigenvalue weighted by Crippen LogP contribution is -2.46. The maximum atomic E-state index is 12.8. The monoisotopic (exact) mass is 445 g/mol. The van der Waals surface area contributed by atoms with Crippen LogP contribution in [-0.2, 0) is 29.1 Å². The highest BCUT2D eigenvalue weighted by molar-refractivity contribution is 5.82. The van der Waals surface area contributed by atoms with Crippen LogP contribution in [0.5, 0.6) is 11.5 Å². The van der Waals surface area contributed by atoms with E-state index in [-0.39, 0.29) is 5.97 Å². The number of benzene rings is 2. The molecule has 4 aromatic rings. The number of aromatic nitrogens is 2. The first-order chi connectivity index (χ1) is 16.2. The Labute approximate surface area is 190 Å². The molecule has 0 spiro atoms. The molecular weight excluding hydrogens is 422 g/mol. The minimum Gasteiger partial charge on any atom is -0.493 e. The van der Waals surface area contributed by atoms with Gasteiger partial charge >= 0.3 is 5.97 Å². The van der Waals surface area contributed by atoms with E-state index in [2.05, 4.69) is 9.97 Å². The van der Waals surface area contributed by atoms with Crippen molar-refractivity contribution in [3.63, 3.8) is 0 Å². The van der Waals surface area contributed by atoms with Crippen molar-refractivity contribution in [2.24, 2.45) is 0 Å². The van der Waals surface area contributed by atoms with E-state index in [1.807, 2.05) is 47.4 Å². The van der Waals surface area contributed by atoms with E-state index in [0.29, 0.717) is 48.2 Å². The SMILES string of the molecule is COC(=O)C1Cc2c(ccc(OC)c2OCc2ccccc2)CN1c1nc2ccncc2o1. The second-order valence-electron chi connectivity index (χ2n) is 7.72. The molecule has 3 heterocycles. The van der Waals surface area contributed by atoms with E-state index in [1.54, 1.807) is 25.6 Å². The number of carbonyl (C=O) groups is 1. The number of ether oxygens (including phenoxy) is 3. The lowest BCUT2D eigenvalue weighted by atomic mass is 9.92. The lowest BCUT2D eigenvalue weighted by molar-refractivity contribution is -0.142. The van der Waals surface area contributed by atoms with E-state index in [4.69, 9.17) is 18.6 Å². The molecule has 0 saturated heterocycles. The van der Waals surface area contributed by atoms with Gasteiger partial charge in [-0.05, 0) is 23.3 Å². The van der Waals surface area contributed by atoms with Crippen LogP contribution < -0.4 is 14.4 Å². The van der Waals surface area contributed by atoms with Crippen molar-refractivity contribution in [1.29, 1.82) is 0 Å². The summed E-state index contributed by atoms with van der Waals surface area (Å²) in [4.78, 5) is 23.3. The predicted octanol–water partition coefficient (Wildman–Crippen LogP) is 3.91. The molecule has 5 rings (SSSR count). The molecule has 1 aliphatic rings. The number of esters is 1. The molecular formula is C25H23N3O5. The van der Waals surface area contributed by atoms with Crippen molar-refractivity contribution in [2.45, 2.75) is 25.6 Å². The zero-order chi connectivity index (χ0) is 22.8. The summed E-state index contributed by atoms with van der Waals surface area (Å²) in [7, 11) is 2.99. The van der Waals surface area contributed by atoms with Gasteiger partial charge in [0.2, 0.25) is 0 Å². The molecule has 1 unspecified atom stereocenters. The van der Waals surface area contributed by atoms with Gasteiger partial charge in [-0.15, -0.1) is 0 Å². The molecule has 8 heteroatoms. The molecule has 1 atom stereocenters. The van der Waals surface area contributed by atoms with Crippen molar-refractivity contribution in [1.82, 2.24) is 9.97 Å². The molecule has 2 aromatic heterocycles. The van der Waals surface area contributed by atoms with Crippen LogP contribution in [-0.4, -0.2) is 36.2 Å². The van der Waals surface area contributed by atoms with Crippen molar-refractivity contribution >= 4 is 23.1 Å². The summed E-state index contributed by atoms with van der Waals surface area (Å²) >= 11 is 0. The van der Waals surface area contributed by atoms with Gasteiger partial charge in [0.05, 0.1) is 20.4 Å². The fraction of sp³-hybridized carbons (Fsp3) is 0.240. The number of fused-ring (bicyclic) bond motifs is 2. The van der Waals surface area contributed by atoms with Gasteiger partial charge in [-0.3, -0.25) is 4.98 Å². The number of oxazole rings is 1. The standard InChI is InChI=1S/C25H23N3O5/c1-30-21-9-8-17-14-28(25-27-19-10-11-26-13-22(19)33-25)20(24(29)31-2)12-18(17)23(21)32-15-16-6-4-3-5-7-16/h3-11,13,20H,12,14-15H2,1-2H3. The normalized spacial score (nSPS) is 15.2. The average Bonchev–Trinajstić information content (AvgIpc) is 3.30. The number of rotatable bonds is 6. The van der Waals surface area contributed by atoms with Gasteiger partial charge in [-0.1, -0.05) is 36.4 Å². The molecule has 8 nitrogen and oxygen atoms in total. The largest absolute Gasteiger partial charge is 0.493 e. The molecule has 0 amide bonds. The topological polar surface area (TPSA) is 86.9 Å². The third-order valence-electron chi connectivity index (χ3n) is 5.78. The van der Waals surface area contributed by atoms with Crippen LogP contribution in [0, 0.1) is 0 Å². The lowest BCUT2D eigenvalue weighted by Gasteiger charge is -2.35. The fourth-order valence-corrected chi connectivity index (χ4v) is 4.10. The van der Waals surface area contributed by atoms with Crippen molar-refractivity contribution in [2.75, 3.05) is 19.1 Å². The molecule has 0 aliphatic carbocycles. The number of nitrogens with zero attached hydrogens (tertiary/aromatic N) is 3. The van der Waals surface area contributed by atoms with E-state index < -0.39 is 6.04 Å². The fourth-order valence-electron chi connectivity index (χ4n) is 4.10. The first kappa shape index (κ1) is 20.8. The van der Waals surface area contributed by atoms with Crippen LogP contribution in [0.25, 0.3) is 11.1 Å². The molecule has 0 fully saturated rings. The second-order valence-corrected chi connectivity index (χ2v) is 7.72. The smallest absolute Gasteiger partial charge is 0.329 e. The zero-order valence-corrected chi connectivity index (χ0v) is 18.4. The Morgan fingerprint density at radius 3 is 2.76 bits per heavy atom. The number of methoxy groups -OCH3 is 2. The molecule has 0 bridgehead atoms. The Bertz CT molecular complexity index is 1250. The average molecular weight is 445 g/mol. The molecule has 33 heavy (non-hydrogen) atoms. The van der Waals surface area contributed by atoms with Gasteiger partial charge in [0.15, 0.2) is 17.1 Å². The number of anilines is 1. The molecule has 2 aromatic carbocycles. The molecule has 0 saturated carbocycles. The summed E-state index contributed by atoms with van der Waals surface area (Å²) in [5.74, 6) is 0.877. The third-order valence-corrected chi connectivity index (χ3v) is 5.78. The highest BCUT2D eigenvalue weighted by Crippen LogP contribution is 2.40. The Hall–Kier alpha value is -4.07. The maximum absolute atomic E-state index is 12.8. The Morgan fingerprint density at radius 1 is 1.15 bits per heavy atom. The Kier molecular flexibility index (Phi) is 5.56. The van der Waals surface area contributed by atoms with Crippen molar-refractivity contribution < 1.29 is 23.4 Å². The molecule has 0 radical (unpaired) electrons. The summed E-state index contributed by atoms with van der Waals surface area (Å²) < 4.78 is 22.8. The Morgan fingerprint density at radius 2 is 2.00 bits per heavy atom. The van der Waals surface area contributed by atoms with Crippen molar-refractivity contribution in [3.8, 4) is 11.5 Å².